The van der Waals surface area contributed by atoms with Crippen LogP contribution in [0.5, 0.6) is 5.75 Å². The van der Waals surface area contributed by atoms with Crippen molar-refractivity contribution in [2.45, 2.75) is 26.4 Å². The standard InChI is InChI=1S/C18H19FN2O2S/c1-3-12(2)23-14-10-8-13(9-11-14)20-18(24)21-17(22)15-6-4-5-7-16(15)19/h4-12H,3H2,1-2H3,(H2,20,21,22,24). The molecule has 0 fully saturated rings. The maximum Gasteiger partial charge on any atom is 0.260 e. The molecule has 126 valence electrons. The number of anilines is 1. The number of thiocarbonyl (C=S) groups is 1. The van der Waals surface area contributed by atoms with Gasteiger partial charge in [0.05, 0.1) is 11.7 Å². The monoisotopic (exact) mass is 346 g/mol. The van der Waals surface area contributed by atoms with Gasteiger partial charge in [-0.05, 0) is 62.0 Å². The van der Waals surface area contributed by atoms with Crippen LogP contribution >= 0.6 is 12.2 Å². The van der Waals surface area contributed by atoms with E-state index >= 15 is 0 Å². The van der Waals surface area contributed by atoms with Crippen molar-refractivity contribution in [1.82, 2.24) is 5.32 Å². The van der Waals surface area contributed by atoms with Crippen LogP contribution in [0.1, 0.15) is 30.6 Å². The summed E-state index contributed by atoms with van der Waals surface area (Å²) in [5.74, 6) is -0.428. The Morgan fingerprint density at radius 3 is 2.50 bits per heavy atom. The van der Waals surface area contributed by atoms with E-state index in [1.54, 1.807) is 18.2 Å². The fraction of sp³-hybridized carbons (Fsp3) is 0.222. The Balaban J connectivity index is 1.92. The van der Waals surface area contributed by atoms with Gasteiger partial charge in [-0.3, -0.25) is 10.1 Å². The van der Waals surface area contributed by atoms with Gasteiger partial charge in [-0.15, -0.1) is 0 Å². The molecule has 0 aromatic heterocycles. The van der Waals surface area contributed by atoms with Crippen LogP contribution in [0.3, 0.4) is 0 Å². The molecule has 24 heavy (non-hydrogen) atoms. The average Bonchev–Trinajstić information content (AvgIpc) is 2.56. The Bertz CT molecular complexity index is 719. The summed E-state index contributed by atoms with van der Waals surface area (Å²) in [6.45, 7) is 4.05. The molecule has 0 aliphatic carbocycles. The Morgan fingerprint density at radius 1 is 1.21 bits per heavy atom. The highest BCUT2D eigenvalue weighted by Gasteiger charge is 2.12. The predicted octanol–water partition coefficient (Wildman–Crippen LogP) is 4.13. The van der Waals surface area contributed by atoms with Crippen molar-refractivity contribution < 1.29 is 13.9 Å². The van der Waals surface area contributed by atoms with Gasteiger partial charge < -0.3 is 10.1 Å². The van der Waals surface area contributed by atoms with Crippen LogP contribution in [0, 0.1) is 5.82 Å². The first-order valence-electron chi connectivity index (χ1n) is 7.63. The van der Waals surface area contributed by atoms with Gasteiger partial charge in [0, 0.05) is 5.69 Å². The average molecular weight is 346 g/mol. The lowest BCUT2D eigenvalue weighted by molar-refractivity contribution is 0.0974. The molecule has 2 aromatic rings. The van der Waals surface area contributed by atoms with Crippen LogP contribution in [0.25, 0.3) is 0 Å². The SMILES string of the molecule is CCC(C)Oc1ccc(NC(=S)NC(=O)c2ccccc2F)cc1. The minimum Gasteiger partial charge on any atom is -0.491 e. The highest BCUT2D eigenvalue weighted by molar-refractivity contribution is 7.80. The molecule has 2 aromatic carbocycles. The van der Waals surface area contributed by atoms with Crippen molar-refractivity contribution in [2.75, 3.05) is 5.32 Å². The molecule has 0 aliphatic rings. The normalized spacial score (nSPS) is 11.5. The minimum absolute atomic E-state index is 0.0565. The molecule has 1 amide bonds. The Kier molecular flexibility index (Phi) is 6.26. The van der Waals surface area contributed by atoms with Crippen LogP contribution in [-0.2, 0) is 0 Å². The second-order valence-corrected chi connectivity index (χ2v) is 5.66. The fourth-order valence-electron chi connectivity index (χ4n) is 1.91. The molecule has 6 heteroatoms. The number of amides is 1. The maximum atomic E-state index is 13.6. The molecule has 0 heterocycles. The molecule has 2 N–H and O–H groups in total. The molecular formula is C18H19FN2O2S. The Hall–Kier alpha value is -2.47. The third-order valence-electron chi connectivity index (χ3n) is 3.37. The quantitative estimate of drug-likeness (QED) is 0.799. The molecule has 0 radical (unpaired) electrons. The van der Waals surface area contributed by atoms with Crippen LogP contribution in [0.4, 0.5) is 10.1 Å². The number of hydrogen-bond donors (Lipinski definition) is 2. The summed E-state index contributed by atoms with van der Waals surface area (Å²) >= 11 is 5.08. The van der Waals surface area contributed by atoms with Crippen molar-refractivity contribution in [3.05, 3.63) is 59.9 Å². The van der Waals surface area contributed by atoms with E-state index in [9.17, 15) is 9.18 Å². The summed E-state index contributed by atoms with van der Waals surface area (Å²) in [6, 6.07) is 12.9. The zero-order chi connectivity index (χ0) is 17.5. The second-order valence-electron chi connectivity index (χ2n) is 5.25. The maximum absolute atomic E-state index is 13.6. The summed E-state index contributed by atoms with van der Waals surface area (Å²) in [5, 5.41) is 5.43. The Labute approximate surface area is 146 Å². The first-order valence-corrected chi connectivity index (χ1v) is 8.04. The van der Waals surface area contributed by atoms with Crippen molar-refractivity contribution in [3.8, 4) is 5.75 Å². The number of rotatable bonds is 5. The zero-order valence-corrected chi connectivity index (χ0v) is 14.3. The number of carbonyl (C=O) groups excluding carboxylic acids is 1. The fourth-order valence-corrected chi connectivity index (χ4v) is 2.12. The van der Waals surface area contributed by atoms with Crippen molar-refractivity contribution in [3.63, 3.8) is 0 Å². The van der Waals surface area contributed by atoms with Crippen molar-refractivity contribution in [2.24, 2.45) is 0 Å². The van der Waals surface area contributed by atoms with Crippen LogP contribution < -0.4 is 15.4 Å². The Morgan fingerprint density at radius 2 is 1.88 bits per heavy atom. The molecule has 4 nitrogen and oxygen atoms in total. The van der Waals surface area contributed by atoms with E-state index in [1.165, 1.54) is 18.2 Å². The predicted molar refractivity (Wildman–Crippen MR) is 96.9 cm³/mol. The largest absolute Gasteiger partial charge is 0.491 e. The van der Waals surface area contributed by atoms with Gasteiger partial charge in [-0.25, -0.2) is 4.39 Å². The smallest absolute Gasteiger partial charge is 0.260 e. The first kappa shape index (κ1) is 17.9. The number of nitrogens with one attached hydrogen (secondary N) is 2. The molecular weight excluding hydrogens is 327 g/mol. The van der Waals surface area contributed by atoms with E-state index in [0.717, 1.165) is 12.2 Å². The third-order valence-corrected chi connectivity index (χ3v) is 3.57. The summed E-state index contributed by atoms with van der Waals surface area (Å²) in [6.07, 6.45) is 1.07. The number of halogens is 1. The van der Waals surface area contributed by atoms with Crippen molar-refractivity contribution in [1.29, 1.82) is 0 Å². The lowest BCUT2D eigenvalue weighted by Gasteiger charge is -2.14. The highest BCUT2D eigenvalue weighted by Crippen LogP contribution is 2.17. The van der Waals surface area contributed by atoms with Gasteiger partial charge >= 0.3 is 0 Å². The molecule has 0 aliphatic heterocycles. The van der Waals surface area contributed by atoms with Gasteiger partial charge in [-0.2, -0.15) is 0 Å². The molecule has 2 rings (SSSR count). The number of carbonyl (C=O) groups is 1. The second kappa shape index (κ2) is 8.40. The molecule has 0 spiro atoms. The van der Waals surface area contributed by atoms with E-state index < -0.39 is 11.7 Å². The highest BCUT2D eigenvalue weighted by atomic mass is 32.1. The summed E-state index contributed by atoms with van der Waals surface area (Å²) < 4.78 is 19.2. The van der Waals surface area contributed by atoms with E-state index in [0.29, 0.717) is 5.69 Å². The summed E-state index contributed by atoms with van der Waals surface area (Å²) in [7, 11) is 0. The van der Waals surface area contributed by atoms with Gasteiger partial charge in [0.1, 0.15) is 11.6 Å². The zero-order valence-electron chi connectivity index (χ0n) is 13.5. The lowest BCUT2D eigenvalue weighted by Crippen LogP contribution is -2.34. The lowest BCUT2D eigenvalue weighted by atomic mass is 10.2. The molecule has 0 saturated heterocycles. The van der Waals surface area contributed by atoms with Crippen molar-refractivity contribution >= 4 is 28.9 Å². The van der Waals surface area contributed by atoms with E-state index in [4.69, 9.17) is 17.0 Å². The number of benzene rings is 2. The first-order chi connectivity index (χ1) is 11.5. The molecule has 0 bridgehead atoms. The van der Waals surface area contributed by atoms with E-state index in [2.05, 4.69) is 17.6 Å². The van der Waals surface area contributed by atoms with Gasteiger partial charge in [-0.1, -0.05) is 19.1 Å². The van der Waals surface area contributed by atoms with Gasteiger partial charge in [0.15, 0.2) is 5.11 Å². The van der Waals surface area contributed by atoms with E-state index in [1.807, 2.05) is 19.1 Å². The van der Waals surface area contributed by atoms with Gasteiger partial charge in [0.25, 0.3) is 5.91 Å². The molecule has 1 atom stereocenters. The van der Waals surface area contributed by atoms with Crippen LogP contribution in [-0.4, -0.2) is 17.1 Å². The van der Waals surface area contributed by atoms with E-state index in [-0.39, 0.29) is 16.8 Å². The number of ether oxygens (including phenoxy) is 1. The molecule has 0 saturated carbocycles. The topological polar surface area (TPSA) is 50.4 Å². The number of hydrogen-bond acceptors (Lipinski definition) is 3. The minimum atomic E-state index is -0.595. The van der Waals surface area contributed by atoms with Crippen LogP contribution in [0.15, 0.2) is 48.5 Å². The van der Waals surface area contributed by atoms with Gasteiger partial charge in [0.2, 0.25) is 0 Å². The summed E-state index contributed by atoms with van der Waals surface area (Å²) in [5.41, 5.74) is 0.643. The third kappa shape index (κ3) is 5.03. The molecule has 1 unspecified atom stereocenters. The van der Waals surface area contributed by atoms with Crippen LogP contribution in [0.2, 0.25) is 0 Å². The summed E-state index contributed by atoms with van der Waals surface area (Å²) in [4.78, 5) is 12.0.